The van der Waals surface area contributed by atoms with Crippen molar-refractivity contribution in [3.05, 3.63) is 82.9 Å². The fourth-order valence-corrected chi connectivity index (χ4v) is 2.94. The Morgan fingerprint density at radius 2 is 1.55 bits per heavy atom. The second-order valence-electron chi connectivity index (χ2n) is 4.65. The molecule has 2 rings (SSSR count). The molecule has 0 saturated carbocycles. The van der Waals surface area contributed by atoms with Crippen LogP contribution in [0.1, 0.15) is 18.1 Å². The average Bonchev–Trinajstić information content (AvgIpc) is 2.47. The first-order chi connectivity index (χ1) is 9.74. The van der Waals surface area contributed by atoms with Gasteiger partial charge in [0.05, 0.1) is 16.6 Å². The van der Waals surface area contributed by atoms with Crippen molar-refractivity contribution >= 4 is 10.8 Å². The first-order valence-electron chi connectivity index (χ1n) is 6.61. The van der Waals surface area contributed by atoms with Crippen molar-refractivity contribution < 1.29 is 4.21 Å². The number of benzene rings is 2. The zero-order valence-electron chi connectivity index (χ0n) is 11.6. The van der Waals surface area contributed by atoms with Gasteiger partial charge >= 0.3 is 0 Å². The van der Waals surface area contributed by atoms with Crippen LogP contribution in [0.3, 0.4) is 0 Å². The van der Waals surface area contributed by atoms with Crippen LogP contribution in [0, 0.1) is 0 Å². The maximum Gasteiger partial charge on any atom is 0.0527 e. The Morgan fingerprint density at radius 1 is 1.00 bits per heavy atom. The maximum atomic E-state index is 12.0. The maximum absolute atomic E-state index is 12.0. The lowest BCUT2D eigenvalue weighted by Gasteiger charge is -2.06. The van der Waals surface area contributed by atoms with Gasteiger partial charge in [-0.3, -0.25) is 4.21 Å². The fourth-order valence-electron chi connectivity index (χ4n) is 1.86. The van der Waals surface area contributed by atoms with Gasteiger partial charge in [-0.1, -0.05) is 60.7 Å². The highest BCUT2D eigenvalue weighted by Gasteiger charge is 1.99. The van der Waals surface area contributed by atoms with Gasteiger partial charge in [-0.25, -0.2) is 0 Å². The van der Waals surface area contributed by atoms with Crippen LogP contribution in [0.4, 0.5) is 0 Å². The molecule has 0 spiro atoms. The molecule has 3 heteroatoms. The van der Waals surface area contributed by atoms with E-state index in [9.17, 15) is 4.21 Å². The second kappa shape index (κ2) is 7.65. The molecule has 2 aromatic rings. The van der Waals surface area contributed by atoms with Crippen molar-refractivity contribution in [1.29, 1.82) is 0 Å². The van der Waals surface area contributed by atoms with Crippen molar-refractivity contribution in [3.8, 4) is 0 Å². The van der Waals surface area contributed by atoms with Gasteiger partial charge in [0.15, 0.2) is 0 Å². The Balaban J connectivity index is 1.85. The molecule has 104 valence electrons. The van der Waals surface area contributed by atoms with E-state index in [1.807, 2.05) is 55.5 Å². The summed E-state index contributed by atoms with van der Waals surface area (Å²) in [6, 6.07) is 20.1. The van der Waals surface area contributed by atoms with E-state index >= 15 is 0 Å². The molecule has 0 amide bonds. The minimum atomic E-state index is -0.984. The molecule has 1 unspecified atom stereocenters. The van der Waals surface area contributed by atoms with Crippen molar-refractivity contribution in [2.24, 2.45) is 0 Å². The van der Waals surface area contributed by atoms with E-state index in [2.05, 4.69) is 17.4 Å². The van der Waals surface area contributed by atoms with E-state index in [1.54, 1.807) is 5.41 Å². The number of hydrogen-bond donors (Lipinski definition) is 1. The lowest BCUT2D eigenvalue weighted by atomic mass is 10.2. The molecule has 1 atom stereocenters. The zero-order chi connectivity index (χ0) is 14.2. The van der Waals surface area contributed by atoms with Crippen LogP contribution in [-0.2, 0) is 23.1 Å². The van der Waals surface area contributed by atoms with Crippen LogP contribution in [0.15, 0.2) is 71.8 Å². The smallest absolute Gasteiger partial charge is 0.0527 e. The minimum Gasteiger partial charge on any atom is -0.384 e. The summed E-state index contributed by atoms with van der Waals surface area (Å²) in [7, 11) is -0.984. The van der Waals surface area contributed by atoms with Gasteiger partial charge in [0.2, 0.25) is 0 Å². The lowest BCUT2D eigenvalue weighted by Crippen LogP contribution is -2.11. The van der Waals surface area contributed by atoms with E-state index < -0.39 is 10.8 Å². The summed E-state index contributed by atoms with van der Waals surface area (Å²) < 4.78 is 12.0. The molecule has 0 bridgehead atoms. The van der Waals surface area contributed by atoms with E-state index in [0.717, 1.165) is 17.8 Å². The number of hydrogen-bond acceptors (Lipinski definition) is 2. The lowest BCUT2D eigenvalue weighted by molar-refractivity contribution is 0.687. The molecule has 0 fully saturated rings. The summed E-state index contributed by atoms with van der Waals surface area (Å²) in [4.78, 5) is 0. The zero-order valence-corrected chi connectivity index (χ0v) is 12.4. The first kappa shape index (κ1) is 14.5. The molecule has 2 aromatic carbocycles. The van der Waals surface area contributed by atoms with Crippen LogP contribution in [0.2, 0.25) is 0 Å². The Morgan fingerprint density at radius 3 is 2.15 bits per heavy atom. The summed E-state index contributed by atoms with van der Waals surface area (Å²) in [6.07, 6.45) is 0. The van der Waals surface area contributed by atoms with Crippen LogP contribution in [0.5, 0.6) is 0 Å². The average molecular weight is 285 g/mol. The third-order valence-corrected chi connectivity index (χ3v) is 4.11. The summed E-state index contributed by atoms with van der Waals surface area (Å²) in [6.45, 7) is 2.71. The predicted molar refractivity (Wildman–Crippen MR) is 85.3 cm³/mol. The van der Waals surface area contributed by atoms with Gasteiger partial charge in [0.25, 0.3) is 0 Å². The molecular formula is C17H19NOS. The molecule has 0 aliphatic heterocycles. The third kappa shape index (κ3) is 5.02. The molecule has 1 N–H and O–H groups in total. The number of nitrogens with one attached hydrogen (secondary N) is 1. The Labute approximate surface area is 123 Å². The van der Waals surface area contributed by atoms with E-state index in [0.29, 0.717) is 5.75 Å². The monoisotopic (exact) mass is 285 g/mol. The molecular weight excluding hydrogens is 266 g/mol. The molecule has 0 aliphatic carbocycles. The number of rotatable bonds is 6. The van der Waals surface area contributed by atoms with Crippen molar-refractivity contribution in [2.75, 3.05) is 0 Å². The van der Waals surface area contributed by atoms with E-state index in [-0.39, 0.29) is 0 Å². The molecule has 0 aromatic heterocycles. The first-order valence-corrected chi connectivity index (χ1v) is 7.99. The standard InChI is InChI=1S/C17H19NOS/c1-15(18-12-16-8-4-2-5-9-16)13-20(19)14-17-10-6-3-7-11-17/h2-11,13,18H,12,14H2,1H3. The highest BCUT2D eigenvalue weighted by molar-refractivity contribution is 7.87. The Hall–Kier alpha value is -1.87. The Kier molecular flexibility index (Phi) is 5.56. The molecule has 0 saturated heterocycles. The van der Waals surface area contributed by atoms with Gasteiger partial charge in [0, 0.05) is 17.6 Å². The second-order valence-corrected chi connectivity index (χ2v) is 5.94. The number of allylic oxidation sites excluding steroid dienone is 1. The molecule has 0 aliphatic rings. The topological polar surface area (TPSA) is 29.1 Å². The van der Waals surface area contributed by atoms with E-state index in [1.165, 1.54) is 5.56 Å². The normalized spacial score (nSPS) is 12.9. The summed E-state index contributed by atoms with van der Waals surface area (Å²) in [5.41, 5.74) is 3.26. The van der Waals surface area contributed by atoms with Gasteiger partial charge < -0.3 is 5.32 Å². The molecule has 0 heterocycles. The summed E-state index contributed by atoms with van der Waals surface area (Å²) >= 11 is 0. The van der Waals surface area contributed by atoms with E-state index in [4.69, 9.17) is 0 Å². The highest BCUT2D eigenvalue weighted by Crippen LogP contribution is 2.05. The SMILES string of the molecule is CC(=CS(=O)Cc1ccccc1)NCc1ccccc1. The van der Waals surface area contributed by atoms with Crippen molar-refractivity contribution in [3.63, 3.8) is 0 Å². The van der Waals surface area contributed by atoms with Crippen LogP contribution >= 0.6 is 0 Å². The highest BCUT2D eigenvalue weighted by atomic mass is 32.2. The van der Waals surface area contributed by atoms with Gasteiger partial charge in [-0.05, 0) is 18.1 Å². The van der Waals surface area contributed by atoms with Crippen molar-refractivity contribution in [2.45, 2.75) is 19.2 Å². The third-order valence-electron chi connectivity index (χ3n) is 2.87. The van der Waals surface area contributed by atoms with Gasteiger partial charge in [0.1, 0.15) is 0 Å². The Bertz CT molecular complexity index is 578. The largest absolute Gasteiger partial charge is 0.384 e. The van der Waals surface area contributed by atoms with Gasteiger partial charge in [-0.2, -0.15) is 0 Å². The molecule has 20 heavy (non-hydrogen) atoms. The summed E-state index contributed by atoms with van der Waals surface area (Å²) in [5, 5.41) is 5.07. The van der Waals surface area contributed by atoms with Gasteiger partial charge in [-0.15, -0.1) is 0 Å². The molecule has 2 nitrogen and oxygen atoms in total. The fraction of sp³-hybridized carbons (Fsp3) is 0.176. The van der Waals surface area contributed by atoms with Crippen molar-refractivity contribution in [1.82, 2.24) is 5.32 Å². The predicted octanol–water partition coefficient (Wildman–Crippen LogP) is 3.59. The minimum absolute atomic E-state index is 0.561. The quantitative estimate of drug-likeness (QED) is 0.879. The van der Waals surface area contributed by atoms with Crippen LogP contribution < -0.4 is 5.32 Å². The van der Waals surface area contributed by atoms with Crippen LogP contribution in [0.25, 0.3) is 0 Å². The molecule has 0 radical (unpaired) electrons. The summed E-state index contributed by atoms with van der Waals surface area (Å²) in [5.74, 6) is 0.561. The van der Waals surface area contributed by atoms with Crippen LogP contribution in [-0.4, -0.2) is 4.21 Å².